The molecule has 0 bridgehead atoms. The van der Waals surface area contributed by atoms with E-state index in [0.717, 1.165) is 16.3 Å². The zero-order valence-electron chi connectivity index (χ0n) is 18.9. The van der Waals surface area contributed by atoms with Crippen molar-refractivity contribution in [1.82, 2.24) is 9.88 Å². The lowest BCUT2D eigenvalue weighted by Crippen LogP contribution is -2.42. The molecule has 0 spiro atoms. The van der Waals surface area contributed by atoms with Gasteiger partial charge in [0.2, 0.25) is 0 Å². The van der Waals surface area contributed by atoms with Gasteiger partial charge in [-0.05, 0) is 42.1 Å². The van der Waals surface area contributed by atoms with Crippen LogP contribution in [0.25, 0.3) is 11.1 Å². The van der Waals surface area contributed by atoms with Crippen LogP contribution in [0.1, 0.15) is 40.2 Å². The lowest BCUT2D eigenvalue weighted by Gasteiger charge is -2.29. The zero-order chi connectivity index (χ0) is 22.0. The maximum Gasteiger partial charge on any atom is 0.415 e. The number of hydrogen-bond acceptors (Lipinski definition) is 3. The van der Waals surface area contributed by atoms with Crippen molar-refractivity contribution in [1.29, 1.82) is 0 Å². The minimum atomic E-state index is -1.85. The maximum absolute atomic E-state index is 12.9. The summed E-state index contributed by atoms with van der Waals surface area (Å²) in [7, 11) is -1.85. The first-order valence-corrected chi connectivity index (χ1v) is 14.0. The number of carbonyl (C=O) groups is 1. The van der Waals surface area contributed by atoms with Crippen molar-refractivity contribution in [3.05, 3.63) is 41.2 Å². The van der Waals surface area contributed by atoms with E-state index in [1.807, 2.05) is 19.9 Å². The Labute approximate surface area is 181 Å². The highest BCUT2D eigenvalue weighted by atomic mass is 35.5. The highest BCUT2D eigenvalue weighted by Crippen LogP contribution is 2.38. The summed E-state index contributed by atoms with van der Waals surface area (Å²) in [6, 6.07) is 6.21. The second kappa shape index (κ2) is 8.88. The minimum Gasteiger partial charge on any atom is -0.410 e. The van der Waals surface area contributed by atoms with Crippen LogP contribution in [0.5, 0.6) is 5.75 Å². The Morgan fingerprint density at radius 3 is 2.24 bits per heavy atom. The molecule has 1 amide bonds. The van der Waals surface area contributed by atoms with Gasteiger partial charge in [0.05, 0.1) is 13.1 Å². The molecule has 0 saturated heterocycles. The third-order valence-corrected chi connectivity index (χ3v) is 7.33. The molecule has 0 saturated carbocycles. The van der Waals surface area contributed by atoms with Gasteiger partial charge in [0.1, 0.15) is 5.75 Å². The molecule has 29 heavy (non-hydrogen) atoms. The van der Waals surface area contributed by atoms with Crippen molar-refractivity contribution in [2.75, 3.05) is 13.1 Å². The Kier molecular flexibility index (Phi) is 7.17. The van der Waals surface area contributed by atoms with Gasteiger partial charge in [-0.3, -0.25) is 4.98 Å². The van der Waals surface area contributed by atoms with E-state index >= 15 is 0 Å². The third-order valence-electron chi connectivity index (χ3n) is 5.04. The van der Waals surface area contributed by atoms with E-state index in [1.54, 1.807) is 17.3 Å². The summed E-state index contributed by atoms with van der Waals surface area (Å²) in [5, 5.41) is 1.66. The summed E-state index contributed by atoms with van der Waals surface area (Å²) < 4.78 is 6.07. The molecule has 0 unspecified atom stereocenters. The van der Waals surface area contributed by atoms with Crippen molar-refractivity contribution in [3.8, 4) is 16.9 Å². The second-order valence-electron chi connectivity index (χ2n) is 9.30. The van der Waals surface area contributed by atoms with Gasteiger partial charge < -0.3 is 9.64 Å². The van der Waals surface area contributed by atoms with E-state index in [2.05, 4.69) is 57.5 Å². The van der Waals surface area contributed by atoms with E-state index in [0.29, 0.717) is 23.9 Å². The smallest absolute Gasteiger partial charge is 0.410 e. The molecule has 1 aromatic carbocycles. The predicted molar refractivity (Wildman–Crippen MR) is 125 cm³/mol. The second-order valence-corrected chi connectivity index (χ2v) is 14.7. The highest BCUT2D eigenvalue weighted by Gasteiger charge is 2.30. The van der Waals surface area contributed by atoms with Crippen LogP contribution in [-0.4, -0.2) is 37.1 Å². The van der Waals surface area contributed by atoms with E-state index in [-0.39, 0.29) is 11.5 Å². The van der Waals surface area contributed by atoms with Crippen LogP contribution in [0.15, 0.2) is 30.6 Å². The van der Waals surface area contributed by atoms with E-state index in [9.17, 15) is 4.79 Å². The van der Waals surface area contributed by atoms with Crippen molar-refractivity contribution in [2.24, 2.45) is 0 Å². The first kappa shape index (κ1) is 23.4. The van der Waals surface area contributed by atoms with Crippen molar-refractivity contribution < 1.29 is 9.53 Å². The Morgan fingerprint density at radius 1 is 1.14 bits per heavy atom. The molecule has 0 N–H and O–H groups in total. The van der Waals surface area contributed by atoms with Crippen LogP contribution in [0.4, 0.5) is 4.79 Å². The Morgan fingerprint density at radius 2 is 1.76 bits per heavy atom. The van der Waals surface area contributed by atoms with E-state index < -0.39 is 8.07 Å². The van der Waals surface area contributed by atoms with Crippen LogP contribution in [0.2, 0.25) is 24.7 Å². The molecule has 1 heterocycles. The minimum absolute atomic E-state index is 0.0515. The average Bonchev–Trinajstić information content (AvgIpc) is 2.61. The molecule has 0 fully saturated rings. The van der Waals surface area contributed by atoms with Gasteiger partial charge in [0.25, 0.3) is 0 Å². The van der Waals surface area contributed by atoms with Crippen LogP contribution < -0.4 is 9.92 Å². The van der Waals surface area contributed by atoms with Crippen LogP contribution in [0.3, 0.4) is 0 Å². The summed E-state index contributed by atoms with van der Waals surface area (Å²) >= 11 is 6.52. The first-order valence-electron chi connectivity index (χ1n) is 10.2. The Bertz CT molecular complexity index is 881. The molecule has 2 rings (SSSR count). The number of ether oxygens (including phenoxy) is 1. The number of hydrogen-bond donors (Lipinski definition) is 0. The number of amides is 1. The normalized spacial score (nSPS) is 12.0. The summed E-state index contributed by atoms with van der Waals surface area (Å²) in [5.74, 6) is 0.627. The lowest BCUT2D eigenvalue weighted by molar-refractivity contribution is 0.158. The molecular weight excluding hydrogens is 400 g/mol. The van der Waals surface area contributed by atoms with Gasteiger partial charge in [-0.1, -0.05) is 58.1 Å². The standard InChI is InChI=1S/C23H33ClN2O2Si/c1-9-26(10-2)22(27)28-21-18(17-11-12-25-15-19(17)24)13-16(23(3,4)5)14-20(21)29(6,7)8/h11-15H,9-10H2,1-8H3. The van der Waals surface area contributed by atoms with Gasteiger partial charge in [0.15, 0.2) is 0 Å². The van der Waals surface area contributed by atoms with Gasteiger partial charge >= 0.3 is 6.09 Å². The summed E-state index contributed by atoms with van der Waals surface area (Å²) in [6.07, 6.45) is 3.02. The largest absolute Gasteiger partial charge is 0.415 e. The fourth-order valence-electron chi connectivity index (χ4n) is 3.16. The van der Waals surface area contributed by atoms with Gasteiger partial charge in [0, 0.05) is 36.6 Å². The van der Waals surface area contributed by atoms with Crippen LogP contribution >= 0.6 is 11.6 Å². The number of pyridine rings is 1. The molecule has 0 radical (unpaired) electrons. The average molecular weight is 433 g/mol. The van der Waals surface area contributed by atoms with E-state index in [4.69, 9.17) is 16.3 Å². The quantitative estimate of drug-likeness (QED) is 0.537. The fraction of sp³-hybridized carbons (Fsp3) is 0.478. The number of rotatable bonds is 5. The Hall–Kier alpha value is -1.85. The molecule has 158 valence electrons. The molecule has 4 nitrogen and oxygen atoms in total. The molecule has 0 aliphatic heterocycles. The maximum atomic E-state index is 12.9. The fourth-order valence-corrected chi connectivity index (χ4v) is 4.83. The predicted octanol–water partition coefficient (Wildman–Crippen LogP) is 6.09. The zero-order valence-corrected chi connectivity index (χ0v) is 20.6. The van der Waals surface area contributed by atoms with Gasteiger partial charge in [-0.25, -0.2) is 4.79 Å². The van der Waals surface area contributed by atoms with Gasteiger partial charge in [-0.15, -0.1) is 0 Å². The summed E-state index contributed by atoms with van der Waals surface area (Å²) in [6.45, 7) is 18.5. The third kappa shape index (κ3) is 5.40. The molecule has 6 heteroatoms. The number of carbonyl (C=O) groups excluding carboxylic acids is 1. The Balaban J connectivity index is 2.83. The first-order chi connectivity index (χ1) is 13.4. The van der Waals surface area contributed by atoms with Crippen molar-refractivity contribution in [3.63, 3.8) is 0 Å². The SMILES string of the molecule is CCN(CC)C(=O)Oc1c(-c2ccncc2Cl)cc(C(C)(C)C)cc1[Si](C)(C)C. The van der Waals surface area contributed by atoms with Crippen molar-refractivity contribution >= 4 is 31.0 Å². The molecule has 2 aromatic rings. The molecular formula is C23H33ClN2O2Si. The topological polar surface area (TPSA) is 42.4 Å². The number of aromatic nitrogens is 1. The highest BCUT2D eigenvalue weighted by molar-refractivity contribution is 6.89. The van der Waals surface area contributed by atoms with Crippen LogP contribution in [0, 0.1) is 0 Å². The molecule has 0 atom stereocenters. The molecule has 1 aromatic heterocycles. The summed E-state index contributed by atoms with van der Waals surface area (Å²) in [4.78, 5) is 18.7. The number of nitrogens with zero attached hydrogens (tertiary/aromatic N) is 2. The van der Waals surface area contributed by atoms with Gasteiger partial charge in [-0.2, -0.15) is 0 Å². The van der Waals surface area contributed by atoms with E-state index in [1.165, 1.54) is 5.56 Å². The monoisotopic (exact) mass is 432 g/mol. The lowest BCUT2D eigenvalue weighted by atomic mass is 9.85. The van der Waals surface area contributed by atoms with Crippen molar-refractivity contribution in [2.45, 2.75) is 59.7 Å². The summed E-state index contributed by atoms with van der Waals surface area (Å²) in [5.41, 5.74) is 2.82. The molecule has 0 aliphatic carbocycles. The molecule has 0 aliphatic rings. The van der Waals surface area contributed by atoms with Crippen LogP contribution in [-0.2, 0) is 5.41 Å². The number of benzene rings is 1. The number of halogens is 1.